The number of nitrogens with zero attached hydrogens (tertiary/aromatic N) is 3. The Labute approximate surface area is 403 Å². The Morgan fingerprint density at radius 2 is 1.57 bits per heavy atom. The van der Waals surface area contributed by atoms with E-state index in [0.29, 0.717) is 52.1 Å². The number of carbonyl (C=O) groups excluding carboxylic acids is 4. The number of urea groups is 1. The summed E-state index contributed by atoms with van der Waals surface area (Å²) < 4.78 is 47.6. The number of methoxy groups -OCH3 is 1. The molecule has 0 saturated carbocycles. The van der Waals surface area contributed by atoms with Crippen molar-refractivity contribution >= 4 is 65.3 Å². The number of carboxylic acids is 1. The fourth-order valence-corrected chi connectivity index (χ4v) is 7.82. The Balaban J connectivity index is 0.000000237. The minimum absolute atomic E-state index is 0.0170. The van der Waals surface area contributed by atoms with Crippen LogP contribution in [0.15, 0.2) is 65.7 Å². The summed E-state index contributed by atoms with van der Waals surface area (Å²) in [6, 6.07) is 14.9. The summed E-state index contributed by atoms with van der Waals surface area (Å²) >= 11 is 0. The second-order valence-corrected chi connectivity index (χ2v) is 21.1. The zero-order valence-electron chi connectivity index (χ0n) is 40.0. The molecule has 7 rings (SSSR count). The monoisotopic (exact) mass is 999 g/mol. The average Bonchev–Trinajstić information content (AvgIpc) is 3.52. The van der Waals surface area contributed by atoms with Crippen LogP contribution in [0.1, 0.15) is 58.4 Å². The number of hydroxylamine groups is 2. The molecular formula is C47H59FN5O14PS. The molecule has 0 bridgehead atoms. The summed E-state index contributed by atoms with van der Waals surface area (Å²) in [6.07, 6.45) is 14.6. The lowest BCUT2D eigenvalue weighted by Crippen LogP contribution is -2.45. The fourth-order valence-electron chi connectivity index (χ4n) is 7.43. The Morgan fingerprint density at radius 1 is 0.971 bits per heavy atom. The Hall–Kier alpha value is -5.98. The highest BCUT2D eigenvalue weighted by molar-refractivity contribution is 7.94. The number of hydrogen-bond donors (Lipinski definition) is 4. The molecule has 0 radical (unpaired) electrons. The molecule has 0 saturated heterocycles. The van der Waals surface area contributed by atoms with E-state index < -0.39 is 49.8 Å². The standard InChI is InChI=1S/C22H28N2O5.C19H15FN2O4.C3H8NO5P.C3H9S/c1-21(2)14-22(3,26-5)29-19-13-17(11-12-18(19)21)28-16-9-7-15(8-10-16)23-20(25)24(4)27-6;1-2-7-21-15-9-14(13(20)8-16(15)26-10-17(21)23)22-18(24)11-5-3-4-6-12(11)19(22)25;5-3(6)1-4-2-10(7,8)9;1-4(2)3/h7-13H,14H2,1-6H3,(H,23,25);1,8-9H,3-7,10H2;4H,1-2H2,(H,5,6)(H2,7,8,9);1-3H3/q;;;+1/p-1. The van der Waals surface area contributed by atoms with Crippen molar-refractivity contribution in [3.63, 3.8) is 0 Å². The summed E-state index contributed by atoms with van der Waals surface area (Å²) in [5.74, 6) is 0.624. The van der Waals surface area contributed by atoms with E-state index in [9.17, 15) is 37.8 Å². The number of fused-ring (bicyclic) bond motifs is 2. The van der Waals surface area contributed by atoms with Gasteiger partial charge in [-0.15, -0.1) is 6.42 Å². The quantitative estimate of drug-likeness (QED) is 0.0608. The third-order valence-electron chi connectivity index (χ3n) is 10.5. The molecule has 4 N–H and O–H groups in total. The van der Waals surface area contributed by atoms with Gasteiger partial charge in [-0.05, 0) is 78.4 Å². The number of ether oxygens (including phenoxy) is 4. The lowest BCUT2D eigenvalue weighted by Gasteiger charge is -2.43. The zero-order chi connectivity index (χ0) is 51.4. The predicted octanol–water partition coefficient (Wildman–Crippen LogP) is 5.51. The van der Waals surface area contributed by atoms with Gasteiger partial charge in [0.15, 0.2) is 12.4 Å². The first kappa shape index (κ1) is 55.6. The first-order valence-corrected chi connectivity index (χ1v) is 25.6. The number of amides is 5. The number of terminal acetylenes is 1. The first-order valence-electron chi connectivity index (χ1n) is 21.3. The molecule has 1 aliphatic carbocycles. The van der Waals surface area contributed by atoms with Gasteiger partial charge < -0.3 is 43.7 Å². The van der Waals surface area contributed by atoms with Crippen LogP contribution in [0.25, 0.3) is 0 Å². The van der Waals surface area contributed by atoms with Crippen molar-refractivity contribution in [2.45, 2.75) is 64.1 Å². The number of hydrogen-bond acceptors (Lipinski definition) is 13. The molecule has 3 aromatic rings. The topological polar surface area (TPSA) is 246 Å². The molecule has 5 amide bonds. The van der Waals surface area contributed by atoms with Crippen molar-refractivity contribution < 1.29 is 71.6 Å². The minimum atomic E-state index is -4.35. The molecule has 0 fully saturated rings. The summed E-state index contributed by atoms with van der Waals surface area (Å²) in [5.41, 5.74) is 2.68. The second kappa shape index (κ2) is 24.0. The maximum atomic E-state index is 14.7. The SMILES string of the molecule is C#CCN1C(=O)COc2cc(F)c(N3C(=O)C4=C(CCCC4)C3=O)cc21.CON(C)C(=O)Nc1ccc(Oc2ccc3c(c2)OC(C)(OC)CC3(C)C)cc1.C[S+](C)C.O=C(O)CNCP(=O)([O-])O. The van der Waals surface area contributed by atoms with Crippen LogP contribution in [0.4, 0.5) is 26.2 Å². The van der Waals surface area contributed by atoms with Crippen LogP contribution in [0, 0.1) is 18.2 Å². The maximum absolute atomic E-state index is 14.7. The summed E-state index contributed by atoms with van der Waals surface area (Å²) in [7, 11) is 0.906. The largest absolute Gasteiger partial charge is 0.778 e. The van der Waals surface area contributed by atoms with Gasteiger partial charge in [0.05, 0.1) is 56.6 Å². The third-order valence-corrected chi connectivity index (χ3v) is 11.2. The normalized spacial score (nSPS) is 18.4. The summed E-state index contributed by atoms with van der Waals surface area (Å²) in [6.45, 7) is 5.56. The number of rotatable bonds is 11. The van der Waals surface area contributed by atoms with Crippen molar-refractivity contribution in [2.75, 3.05) is 81.1 Å². The van der Waals surface area contributed by atoms with E-state index in [1.807, 2.05) is 30.4 Å². The Kier molecular flexibility index (Phi) is 19.4. The van der Waals surface area contributed by atoms with Crippen LogP contribution in [-0.4, -0.2) is 117 Å². The number of imide groups is 1. The van der Waals surface area contributed by atoms with Crippen molar-refractivity contribution in [3.8, 4) is 35.3 Å². The molecular weight excluding hydrogens is 941 g/mol. The van der Waals surface area contributed by atoms with Crippen LogP contribution in [-0.2, 0) is 49.6 Å². The van der Waals surface area contributed by atoms with E-state index in [1.54, 1.807) is 31.4 Å². The highest BCUT2D eigenvalue weighted by Crippen LogP contribution is 2.47. The third kappa shape index (κ3) is 15.3. The maximum Gasteiger partial charge on any atom is 0.345 e. The molecule has 19 nitrogen and oxygen atoms in total. The number of nitrogens with one attached hydrogen (secondary N) is 2. The molecule has 22 heteroatoms. The van der Waals surface area contributed by atoms with E-state index >= 15 is 0 Å². The first-order chi connectivity index (χ1) is 32.3. The van der Waals surface area contributed by atoms with Crippen LogP contribution >= 0.6 is 7.60 Å². The summed E-state index contributed by atoms with van der Waals surface area (Å²) in [4.78, 5) is 84.0. The van der Waals surface area contributed by atoms with Crippen molar-refractivity contribution in [2.24, 2.45) is 0 Å². The molecule has 69 heavy (non-hydrogen) atoms. The van der Waals surface area contributed by atoms with E-state index in [4.69, 9.17) is 40.2 Å². The number of carbonyl (C=O) groups is 5. The number of halogens is 1. The van der Waals surface area contributed by atoms with Gasteiger partial charge in [-0.1, -0.05) is 25.8 Å². The van der Waals surface area contributed by atoms with E-state index in [0.717, 1.165) is 46.6 Å². The van der Waals surface area contributed by atoms with Gasteiger partial charge in [-0.2, -0.15) is 0 Å². The molecule has 2 unspecified atom stereocenters. The number of anilines is 3. The van der Waals surface area contributed by atoms with Crippen LogP contribution in [0.5, 0.6) is 23.0 Å². The lowest BCUT2D eigenvalue weighted by molar-refractivity contribution is -0.193. The van der Waals surface area contributed by atoms with E-state index in [1.165, 1.54) is 25.1 Å². The van der Waals surface area contributed by atoms with Gasteiger partial charge >= 0.3 is 12.0 Å². The van der Waals surface area contributed by atoms with Crippen LogP contribution < -0.4 is 39.5 Å². The Morgan fingerprint density at radius 3 is 2.10 bits per heavy atom. The van der Waals surface area contributed by atoms with Crippen LogP contribution in [0.3, 0.4) is 0 Å². The molecule has 0 aromatic heterocycles. The summed E-state index contributed by atoms with van der Waals surface area (Å²) in [5, 5.41) is 13.8. The highest BCUT2D eigenvalue weighted by Gasteiger charge is 2.43. The van der Waals surface area contributed by atoms with Gasteiger partial charge in [0.25, 0.3) is 17.7 Å². The van der Waals surface area contributed by atoms with Gasteiger partial charge in [0.2, 0.25) is 5.79 Å². The van der Waals surface area contributed by atoms with Crippen LogP contribution in [0.2, 0.25) is 0 Å². The second-order valence-electron chi connectivity index (χ2n) is 17.1. The average molecular weight is 1000 g/mol. The number of aliphatic carboxylic acids is 1. The van der Waals surface area contributed by atoms with Gasteiger partial charge in [0.1, 0.15) is 30.6 Å². The zero-order valence-corrected chi connectivity index (χ0v) is 41.7. The molecule has 2 atom stereocenters. The molecule has 374 valence electrons. The fraction of sp³-hybridized carbons (Fsp3) is 0.426. The van der Waals surface area contributed by atoms with Crippen molar-refractivity contribution in [1.29, 1.82) is 0 Å². The highest BCUT2D eigenvalue weighted by atomic mass is 32.2. The number of benzene rings is 3. The lowest BCUT2D eigenvalue weighted by atomic mass is 9.76. The van der Waals surface area contributed by atoms with Crippen molar-refractivity contribution in [3.05, 3.63) is 77.1 Å². The Bertz CT molecular complexity index is 2480. The van der Waals surface area contributed by atoms with Crippen molar-refractivity contribution in [1.82, 2.24) is 10.4 Å². The van der Waals surface area contributed by atoms with Gasteiger partial charge in [-0.3, -0.25) is 34.2 Å². The van der Waals surface area contributed by atoms with Gasteiger partial charge in [0, 0.05) is 62.0 Å². The van der Waals surface area contributed by atoms with Gasteiger partial charge in [-0.25, -0.2) is 19.1 Å². The minimum Gasteiger partial charge on any atom is -0.778 e. The molecule has 3 aromatic carbocycles. The van der Waals surface area contributed by atoms with E-state index in [-0.39, 0.29) is 47.6 Å². The molecule has 0 spiro atoms. The number of carboxylic acid groups (broad SMARTS) is 1. The molecule has 4 aliphatic rings. The predicted molar refractivity (Wildman–Crippen MR) is 257 cm³/mol. The molecule has 3 heterocycles. The smallest absolute Gasteiger partial charge is 0.345 e. The molecule has 3 aliphatic heterocycles. The van der Waals surface area contributed by atoms with E-state index in [2.05, 4.69) is 43.9 Å².